The number of hydrogen-bond donors (Lipinski definition) is 11. The number of methoxy groups -OCH3 is 1. The molecule has 0 radical (unpaired) electrons. The van der Waals surface area contributed by atoms with Gasteiger partial charge in [0.25, 0.3) is 5.91 Å². The largest absolute Gasteiger partial charge is 0.465 e. The first-order valence-electron chi connectivity index (χ1n) is 24.5. The summed E-state index contributed by atoms with van der Waals surface area (Å²) >= 11 is 8.20. The molecule has 24 heteroatoms. The molecule has 0 bridgehead atoms. The van der Waals surface area contributed by atoms with Gasteiger partial charge in [-0.2, -0.15) is 0 Å². The number of aromatic nitrogens is 8. The van der Waals surface area contributed by atoms with Gasteiger partial charge in [-0.15, -0.1) is 0 Å². The summed E-state index contributed by atoms with van der Waals surface area (Å²) < 4.78 is 6.00. The highest BCUT2D eigenvalue weighted by atomic mass is 79.9. The van der Waals surface area contributed by atoms with Gasteiger partial charge in [-0.25, -0.2) is 49.5 Å². The Labute approximate surface area is 488 Å². The second-order valence-electron chi connectivity index (χ2n) is 18.1. The molecule has 0 fully saturated rings. The van der Waals surface area contributed by atoms with E-state index in [1.54, 1.807) is 78.3 Å². The summed E-state index contributed by atoms with van der Waals surface area (Å²) in [6, 6.07) is 31.6. The number of fused-ring (bicyclic) bond motifs is 4. The fourth-order valence-electron chi connectivity index (χ4n) is 7.98. The van der Waals surface area contributed by atoms with E-state index < -0.39 is 11.9 Å². The maximum absolute atomic E-state index is 11.6. The number of benzene rings is 7. The van der Waals surface area contributed by atoms with Crippen LogP contribution in [0, 0.1) is 72.3 Å². The number of nitrogens with one attached hydrogen (secondary N) is 8. The Kier molecular flexibility index (Phi) is 19.0. The predicted octanol–water partition coefficient (Wildman–Crippen LogP) is 15.2. The molecule has 83 heavy (non-hydrogen) atoms. The van der Waals surface area contributed by atoms with Crippen molar-refractivity contribution >= 4 is 147 Å². The van der Waals surface area contributed by atoms with Crippen LogP contribution in [0.15, 0.2) is 114 Å². The van der Waals surface area contributed by atoms with Gasteiger partial charge in [0.1, 0.15) is 0 Å². The number of nitrogen functional groups attached to an aromatic ring is 2. The van der Waals surface area contributed by atoms with Gasteiger partial charge in [0.15, 0.2) is 37.9 Å². The van der Waals surface area contributed by atoms with E-state index in [2.05, 4.69) is 90.7 Å². The summed E-state index contributed by atoms with van der Waals surface area (Å²) in [5.41, 5.74) is 30.1. The first kappa shape index (κ1) is 59.3. The summed E-state index contributed by atoms with van der Waals surface area (Å²) in [5, 5.41) is 14.9. The van der Waals surface area contributed by atoms with Gasteiger partial charge in [0, 0.05) is 22.6 Å². The molecule has 412 valence electrons. The lowest BCUT2D eigenvalue weighted by Crippen LogP contribution is -2.18. The number of esters is 1. The lowest BCUT2D eigenvalue weighted by Gasteiger charge is -2.04. The van der Waals surface area contributed by atoms with E-state index in [0.29, 0.717) is 94.7 Å². The molecule has 11 aromatic rings. The van der Waals surface area contributed by atoms with Crippen molar-refractivity contribution in [2.75, 3.05) is 29.2 Å². The number of imidazole rings is 4. The van der Waals surface area contributed by atoms with Crippen LogP contribution < -0.4 is 27.6 Å². The van der Waals surface area contributed by atoms with E-state index in [1.165, 1.54) is 7.11 Å². The fourth-order valence-corrected chi connectivity index (χ4v) is 8.61. The van der Waals surface area contributed by atoms with Gasteiger partial charge in [-0.05, 0) is 188 Å². The predicted molar refractivity (Wildman–Crippen MR) is 330 cm³/mol. The maximum Gasteiger partial charge on any atom is 0.337 e. The number of aromatic amines is 5. The van der Waals surface area contributed by atoms with E-state index in [-0.39, 0.29) is 0 Å². The Morgan fingerprint density at radius 3 is 1.39 bits per heavy atom. The SMILES string of the molecule is [C-]#[N+]c1cc(N)c(N)cc1C.[C-]#[N+]c1cc2[nH]c(=S)[nH]c2cc1C.[C-]#[N+]c1cc2nc(Br)[nH]c2cc1C.[C-]#[N+]c1cc2nc(Nc3cccc(C(=O)NO)c3)[nH]c2cc1C.[C-]#[N+]c1cc2nc(Nc3cccc(C(=O)OC)c3)[nH]c2cc1C. The molecule has 13 N–H and O–H groups in total. The third-order valence-corrected chi connectivity index (χ3v) is 12.8. The van der Waals surface area contributed by atoms with Crippen LogP contribution in [0.1, 0.15) is 48.5 Å². The number of carbonyl (C=O) groups is 2. The Balaban J connectivity index is 0.000000154. The van der Waals surface area contributed by atoms with E-state index in [0.717, 1.165) is 60.9 Å². The summed E-state index contributed by atoms with van der Waals surface area (Å²) in [6.07, 6.45) is 0. The molecular formula is C59H49BrN18O4S. The number of nitrogens with zero attached hydrogens (tertiary/aromatic N) is 8. The molecular weight excluding hydrogens is 1140 g/mol. The number of aryl methyl sites for hydroxylation is 5. The fraction of sp³-hybridized carbons (Fsp3) is 0.102. The van der Waals surface area contributed by atoms with Gasteiger partial charge >= 0.3 is 5.97 Å². The molecule has 0 aliphatic rings. The number of amides is 1. The first-order valence-corrected chi connectivity index (χ1v) is 25.7. The average molecular weight is 1190 g/mol. The number of nitrogens with two attached hydrogens (primary N) is 2. The molecule has 0 saturated carbocycles. The molecule has 0 atom stereocenters. The molecule has 0 aliphatic carbocycles. The van der Waals surface area contributed by atoms with Gasteiger partial charge in [-0.1, -0.05) is 12.1 Å². The smallest absolute Gasteiger partial charge is 0.337 e. The van der Waals surface area contributed by atoms with Crippen LogP contribution in [0.5, 0.6) is 0 Å². The summed E-state index contributed by atoms with van der Waals surface area (Å²) in [5.74, 6) is 0.0674. The molecule has 0 saturated heterocycles. The van der Waals surface area contributed by atoms with E-state index in [1.807, 2.05) is 71.0 Å². The zero-order valence-electron chi connectivity index (χ0n) is 45.1. The maximum atomic E-state index is 11.6. The third-order valence-electron chi connectivity index (χ3n) is 12.2. The quantitative estimate of drug-likeness (QED) is 0.0185. The summed E-state index contributed by atoms with van der Waals surface area (Å²) in [6.45, 7) is 44.4. The number of hydrogen-bond acceptors (Lipinski definition) is 12. The molecule has 7 aromatic carbocycles. The highest BCUT2D eigenvalue weighted by Gasteiger charge is 2.12. The van der Waals surface area contributed by atoms with Crippen molar-refractivity contribution in [3.63, 3.8) is 0 Å². The average Bonchev–Trinajstić information content (AvgIpc) is 4.48. The number of carbonyl (C=O) groups excluding carboxylic acids is 2. The Morgan fingerprint density at radius 2 is 0.916 bits per heavy atom. The molecule has 0 spiro atoms. The zero-order valence-corrected chi connectivity index (χ0v) is 47.5. The molecule has 4 heterocycles. The number of halogens is 1. The monoisotopic (exact) mass is 1180 g/mol. The van der Waals surface area contributed by atoms with Gasteiger partial charge in [0.05, 0.1) is 95.4 Å². The van der Waals surface area contributed by atoms with E-state index in [4.69, 9.17) is 66.5 Å². The molecule has 22 nitrogen and oxygen atoms in total. The molecule has 0 unspecified atom stereocenters. The van der Waals surface area contributed by atoms with Crippen LogP contribution in [-0.4, -0.2) is 64.1 Å². The molecule has 1 amide bonds. The van der Waals surface area contributed by atoms with Crippen LogP contribution in [0.4, 0.5) is 63.1 Å². The summed E-state index contributed by atoms with van der Waals surface area (Å²) in [7, 11) is 1.35. The lowest BCUT2D eigenvalue weighted by atomic mass is 10.1. The van der Waals surface area contributed by atoms with Crippen molar-refractivity contribution in [1.29, 1.82) is 0 Å². The number of rotatable bonds is 6. The minimum Gasteiger partial charge on any atom is -0.465 e. The van der Waals surface area contributed by atoms with Crippen molar-refractivity contribution in [2.45, 2.75) is 34.6 Å². The lowest BCUT2D eigenvalue weighted by molar-refractivity contribution is 0.0600. The van der Waals surface area contributed by atoms with Crippen molar-refractivity contribution < 1.29 is 19.5 Å². The van der Waals surface area contributed by atoms with Gasteiger partial charge in [-0.3, -0.25) is 10.0 Å². The van der Waals surface area contributed by atoms with Crippen molar-refractivity contribution in [3.05, 3.63) is 215 Å². The van der Waals surface area contributed by atoms with Gasteiger partial charge < -0.3 is 51.8 Å². The zero-order chi connectivity index (χ0) is 60.1. The number of hydroxylamine groups is 1. The number of anilines is 6. The topological polar surface area (TPSA) is 291 Å². The highest BCUT2D eigenvalue weighted by Crippen LogP contribution is 2.31. The first-order chi connectivity index (χ1) is 39.8. The van der Waals surface area contributed by atoms with E-state index in [9.17, 15) is 9.59 Å². The van der Waals surface area contributed by atoms with Crippen LogP contribution in [0.25, 0.3) is 68.4 Å². The third kappa shape index (κ3) is 14.7. The van der Waals surface area contributed by atoms with Crippen molar-refractivity contribution in [2.24, 2.45) is 0 Å². The van der Waals surface area contributed by atoms with Crippen LogP contribution in [0.2, 0.25) is 0 Å². The number of ether oxygens (including phenoxy) is 1. The standard InChI is InChI=1S/C17H14N4O2.C16H13N5O2.C9H6BrN3.C9H7N3S.C8H9N3/c1-10-7-14-15(9-13(10)18-2)21-17(20-14)19-12-6-4-5-11(8-12)16(22)23-3;1-9-6-13-14(8-12(9)17-2)20-16(19-13)18-11-5-3-4-10(7-11)15(22)21-23;1-5-3-7-8(4-6(5)11-2)13-9(10)12-7;1-5-3-7-8(4-6(5)10-2)12-9(13)11-7;1-5-3-6(9)7(10)4-8(5)11-2/h4-9H,1,3H3,(H2,19,20,21);3-8,23H,1H3,(H,21,22)(H2,18,19,20);3-4H,1H3,(H,12,13);3-4H,1H3,(H2,11,12,13);3-4H,9-10H2,1H3. The molecule has 0 aliphatic heterocycles. The Bertz CT molecular complexity index is 4420. The van der Waals surface area contributed by atoms with Crippen molar-refractivity contribution in [1.82, 2.24) is 45.4 Å². The van der Waals surface area contributed by atoms with Crippen LogP contribution in [0.3, 0.4) is 0 Å². The molecule has 11 rings (SSSR count). The van der Waals surface area contributed by atoms with Crippen molar-refractivity contribution in [3.8, 4) is 0 Å². The van der Waals surface area contributed by atoms with E-state index >= 15 is 0 Å². The molecule has 4 aromatic heterocycles. The normalized spacial score (nSPS) is 10.1. The summed E-state index contributed by atoms with van der Waals surface area (Å²) in [4.78, 5) is 68.4. The highest BCUT2D eigenvalue weighted by molar-refractivity contribution is 9.10. The second-order valence-corrected chi connectivity index (χ2v) is 19.3. The van der Waals surface area contributed by atoms with Crippen LogP contribution in [-0.2, 0) is 4.74 Å². The minimum absolute atomic E-state index is 0.319. The Hall–Kier alpha value is -11.3. The van der Waals surface area contributed by atoms with Gasteiger partial charge in [0.2, 0.25) is 11.9 Å². The van der Waals surface area contributed by atoms with Crippen LogP contribution >= 0.6 is 28.1 Å². The minimum atomic E-state index is -0.587. The Morgan fingerprint density at radius 1 is 0.530 bits per heavy atom. The second kappa shape index (κ2) is 26.5. The number of H-pyrrole nitrogens is 5.